The molecule has 1 unspecified atom stereocenters. The molecule has 12 heteroatoms. The van der Waals surface area contributed by atoms with Crippen LogP contribution in [0.2, 0.25) is 0 Å². The lowest BCUT2D eigenvalue weighted by molar-refractivity contribution is -0.124. The largest absolute Gasteiger partial charge is 0.477 e. The molecule has 5 rings (SSSR count). The molecule has 0 aliphatic carbocycles. The molecule has 0 bridgehead atoms. The number of benzene rings is 1. The number of carboxylic acid groups (broad SMARTS) is 1. The number of nitrogens with two attached hydrogens (primary N) is 1. The number of halogens is 1. The van der Waals surface area contributed by atoms with E-state index in [1.807, 2.05) is 12.1 Å². The first kappa shape index (κ1) is 24.2. The van der Waals surface area contributed by atoms with Crippen LogP contribution >= 0.6 is 0 Å². The van der Waals surface area contributed by atoms with Crippen LogP contribution in [0.25, 0.3) is 11.0 Å². The molecule has 2 aliphatic rings. The fourth-order valence-electron chi connectivity index (χ4n) is 4.81. The number of cyclic esters (lactones) is 1. The molecule has 2 aliphatic heterocycles. The Morgan fingerprint density at radius 1 is 1.24 bits per heavy atom. The summed E-state index contributed by atoms with van der Waals surface area (Å²) in [5, 5.41) is 9.26. The van der Waals surface area contributed by atoms with Crippen molar-refractivity contribution in [2.45, 2.75) is 39.0 Å². The number of aryl methyl sites for hydroxylation is 2. The van der Waals surface area contributed by atoms with Crippen LogP contribution < -0.4 is 21.0 Å². The predicted octanol–water partition coefficient (Wildman–Crippen LogP) is 2.02. The molecule has 192 valence electrons. The van der Waals surface area contributed by atoms with E-state index in [-0.39, 0.29) is 23.4 Å². The van der Waals surface area contributed by atoms with Crippen molar-refractivity contribution in [1.29, 1.82) is 0 Å². The first-order valence-electron chi connectivity index (χ1n) is 11.8. The number of fused-ring (bicyclic) bond motifs is 2. The van der Waals surface area contributed by atoms with Crippen LogP contribution in [0.1, 0.15) is 34.8 Å². The summed E-state index contributed by atoms with van der Waals surface area (Å²) in [7, 11) is 0. The topological polar surface area (TPSA) is 148 Å². The van der Waals surface area contributed by atoms with Gasteiger partial charge < -0.3 is 25.0 Å². The van der Waals surface area contributed by atoms with Gasteiger partial charge >= 0.3 is 12.1 Å². The Labute approximate surface area is 209 Å². The minimum Gasteiger partial charge on any atom is -0.477 e. The number of aromatic carboxylic acids is 1. The van der Waals surface area contributed by atoms with Gasteiger partial charge in [0.05, 0.1) is 11.9 Å². The van der Waals surface area contributed by atoms with Crippen LogP contribution in [0.15, 0.2) is 35.3 Å². The smallest absolute Gasteiger partial charge is 0.415 e. The highest BCUT2D eigenvalue weighted by Crippen LogP contribution is 2.30. The Bertz CT molecular complexity index is 1520. The minimum atomic E-state index is -1.38. The summed E-state index contributed by atoms with van der Waals surface area (Å²) in [6, 6.07) is 6.49. The summed E-state index contributed by atoms with van der Waals surface area (Å²) in [4.78, 5) is 55.4. The fraction of sp³-hybridized carbons (Fsp3) is 0.320. The molecule has 0 spiro atoms. The highest BCUT2D eigenvalue weighted by molar-refractivity contribution is 5.95. The van der Waals surface area contributed by atoms with Gasteiger partial charge in [-0.25, -0.2) is 19.0 Å². The van der Waals surface area contributed by atoms with Crippen molar-refractivity contribution >= 4 is 40.5 Å². The zero-order valence-electron chi connectivity index (χ0n) is 19.9. The van der Waals surface area contributed by atoms with Gasteiger partial charge in [-0.3, -0.25) is 14.5 Å². The average molecular weight is 509 g/mol. The van der Waals surface area contributed by atoms with E-state index >= 15 is 4.39 Å². The van der Waals surface area contributed by atoms with Crippen LogP contribution in [-0.2, 0) is 29.0 Å². The lowest BCUT2D eigenvalue weighted by atomic mass is 10.0. The highest BCUT2D eigenvalue weighted by atomic mass is 19.1. The van der Waals surface area contributed by atoms with Crippen LogP contribution in [0.3, 0.4) is 0 Å². The van der Waals surface area contributed by atoms with E-state index < -0.39 is 40.9 Å². The number of carboxylic acids is 1. The highest BCUT2D eigenvalue weighted by Gasteiger charge is 2.36. The van der Waals surface area contributed by atoms with Crippen molar-refractivity contribution in [3.8, 4) is 0 Å². The quantitative estimate of drug-likeness (QED) is 0.531. The maximum Gasteiger partial charge on any atom is 0.415 e. The molecule has 11 nitrogen and oxygen atoms in total. The average Bonchev–Trinajstić information content (AvgIpc) is 3.13. The fourth-order valence-corrected chi connectivity index (χ4v) is 4.81. The number of hydrogen-bond donors (Lipinski definition) is 2. The molecule has 1 saturated heterocycles. The second kappa shape index (κ2) is 9.19. The first-order chi connectivity index (χ1) is 17.7. The van der Waals surface area contributed by atoms with Gasteiger partial charge in [0, 0.05) is 31.5 Å². The number of carbonyl (C=O) groups is 3. The molecule has 3 N–H and O–H groups in total. The molecule has 0 saturated carbocycles. The molecule has 2 amide bonds. The molecule has 4 heterocycles. The van der Waals surface area contributed by atoms with E-state index in [1.165, 1.54) is 15.7 Å². The Balaban J connectivity index is 1.49. The molecule has 1 atom stereocenters. The third-order valence-electron chi connectivity index (χ3n) is 6.72. The van der Waals surface area contributed by atoms with E-state index in [0.29, 0.717) is 38.2 Å². The van der Waals surface area contributed by atoms with E-state index in [4.69, 9.17) is 10.5 Å². The number of rotatable bonds is 5. The van der Waals surface area contributed by atoms with Crippen LogP contribution in [-0.4, -0.2) is 51.8 Å². The van der Waals surface area contributed by atoms with Crippen molar-refractivity contribution in [3.63, 3.8) is 0 Å². The van der Waals surface area contributed by atoms with Crippen molar-refractivity contribution in [2.75, 3.05) is 22.9 Å². The summed E-state index contributed by atoms with van der Waals surface area (Å²) < 4.78 is 21.8. The van der Waals surface area contributed by atoms with Gasteiger partial charge in [0.1, 0.15) is 11.2 Å². The molecule has 2 aromatic heterocycles. The van der Waals surface area contributed by atoms with Crippen LogP contribution in [0, 0.1) is 5.82 Å². The predicted molar refractivity (Wildman–Crippen MR) is 131 cm³/mol. The van der Waals surface area contributed by atoms with Crippen molar-refractivity contribution < 1.29 is 28.6 Å². The van der Waals surface area contributed by atoms with Crippen molar-refractivity contribution in [3.05, 3.63) is 63.2 Å². The molecule has 1 aromatic carbocycles. The number of nitrogens with zero attached hydrogens (tertiary/aromatic N) is 4. The molecular formula is C25H24FN5O6. The number of aromatic nitrogens is 2. The van der Waals surface area contributed by atoms with E-state index in [9.17, 15) is 24.3 Å². The standard InChI is InChI=1S/C25H24FN5O6/c1-2-29-11-17(24(34)35)20(32)16-9-18(26)23(28-22(16)29)30-7-3-4-13-8-15(6-5-14(13)10-30)31-12-19(21(27)33)37-25(31)36/h5-6,8-9,11,19H,2-4,7,10,12H2,1H3,(H2,27,33)(H,34,35). The van der Waals surface area contributed by atoms with Gasteiger partial charge in [0.2, 0.25) is 5.43 Å². The first-order valence-corrected chi connectivity index (χ1v) is 11.8. The number of hydrogen-bond acceptors (Lipinski definition) is 7. The second-order valence-corrected chi connectivity index (χ2v) is 8.99. The molecule has 1 fully saturated rings. The van der Waals surface area contributed by atoms with Crippen LogP contribution in [0.5, 0.6) is 0 Å². The number of amides is 2. The Morgan fingerprint density at radius 2 is 2.03 bits per heavy atom. The van der Waals surface area contributed by atoms with Gasteiger partial charge in [-0.2, -0.15) is 0 Å². The Morgan fingerprint density at radius 3 is 2.70 bits per heavy atom. The summed E-state index contributed by atoms with van der Waals surface area (Å²) >= 11 is 0. The summed E-state index contributed by atoms with van der Waals surface area (Å²) in [6.07, 6.45) is 0.916. The molecular weight excluding hydrogens is 485 g/mol. The number of carbonyl (C=O) groups excluding carboxylic acids is 2. The molecule has 37 heavy (non-hydrogen) atoms. The van der Waals surface area contributed by atoms with Gasteiger partial charge in [-0.05, 0) is 49.1 Å². The van der Waals surface area contributed by atoms with E-state index in [2.05, 4.69) is 4.98 Å². The number of ether oxygens (including phenoxy) is 1. The summed E-state index contributed by atoms with van der Waals surface area (Å²) in [6.45, 7) is 2.98. The van der Waals surface area contributed by atoms with Gasteiger partial charge in [-0.1, -0.05) is 6.07 Å². The lowest BCUT2D eigenvalue weighted by Gasteiger charge is -2.24. The molecule has 3 aromatic rings. The number of pyridine rings is 2. The van der Waals surface area contributed by atoms with E-state index in [0.717, 1.165) is 17.2 Å². The second-order valence-electron chi connectivity index (χ2n) is 8.99. The van der Waals surface area contributed by atoms with Crippen molar-refractivity contribution in [1.82, 2.24) is 9.55 Å². The molecule has 0 radical (unpaired) electrons. The third kappa shape index (κ3) is 4.24. The minimum absolute atomic E-state index is 0.0357. The maximum atomic E-state index is 15.3. The third-order valence-corrected chi connectivity index (χ3v) is 6.72. The van der Waals surface area contributed by atoms with Crippen LogP contribution in [0.4, 0.5) is 20.7 Å². The normalized spacial score (nSPS) is 17.5. The lowest BCUT2D eigenvalue weighted by Crippen LogP contribution is -2.32. The summed E-state index contributed by atoms with van der Waals surface area (Å²) in [5.41, 5.74) is 6.72. The monoisotopic (exact) mass is 509 g/mol. The Hall–Kier alpha value is -4.48. The number of anilines is 2. The van der Waals surface area contributed by atoms with E-state index in [1.54, 1.807) is 17.9 Å². The zero-order valence-corrected chi connectivity index (χ0v) is 19.9. The zero-order chi connectivity index (χ0) is 26.4. The van der Waals surface area contributed by atoms with Gasteiger partial charge in [0.15, 0.2) is 17.7 Å². The van der Waals surface area contributed by atoms with Gasteiger partial charge in [-0.15, -0.1) is 0 Å². The maximum absolute atomic E-state index is 15.3. The summed E-state index contributed by atoms with van der Waals surface area (Å²) in [5.74, 6) is -2.73. The Kier molecular flexibility index (Phi) is 6.02. The van der Waals surface area contributed by atoms with Crippen molar-refractivity contribution in [2.24, 2.45) is 5.73 Å². The number of primary amides is 1. The van der Waals surface area contributed by atoms with Gasteiger partial charge in [0.25, 0.3) is 5.91 Å². The SMILES string of the molecule is CCn1cc(C(=O)O)c(=O)c2cc(F)c(N3CCCc4cc(N5CC(C(N)=O)OC5=O)ccc4C3)nc21.